The number of nitrogens with one attached hydrogen (secondary N) is 2. The molecule has 1 heterocycles. The number of rotatable bonds is 3. The highest BCUT2D eigenvalue weighted by Gasteiger charge is 2.23. The average molecular weight is 366 g/mol. The lowest BCUT2D eigenvalue weighted by Crippen LogP contribution is -2.35. The van der Waals surface area contributed by atoms with Crippen molar-refractivity contribution >= 4 is 39.0 Å². The number of carbonyl (C=O) groups excluding carboxylic acids is 1. The van der Waals surface area contributed by atoms with Gasteiger partial charge in [-0.3, -0.25) is 4.72 Å². The van der Waals surface area contributed by atoms with Gasteiger partial charge in [0.1, 0.15) is 4.90 Å². The summed E-state index contributed by atoms with van der Waals surface area (Å²) in [5.74, 6) is 0. The number of benzene rings is 2. The number of aryl methyl sites for hydroxylation is 1. The minimum absolute atomic E-state index is 0.0646. The number of anilines is 2. The molecular formula is C16H16ClN3O3S. The third kappa shape index (κ3) is 3.05. The molecule has 6 nitrogen and oxygen atoms in total. The molecule has 0 saturated carbocycles. The van der Waals surface area contributed by atoms with Gasteiger partial charge < -0.3 is 10.2 Å². The van der Waals surface area contributed by atoms with E-state index < -0.39 is 10.0 Å². The smallest absolute Gasteiger partial charge is 0.321 e. The van der Waals surface area contributed by atoms with Gasteiger partial charge in [-0.2, -0.15) is 0 Å². The van der Waals surface area contributed by atoms with Crippen molar-refractivity contribution in [2.75, 3.05) is 17.1 Å². The third-order valence-corrected chi connectivity index (χ3v) is 5.80. The predicted octanol–water partition coefficient (Wildman–Crippen LogP) is 3.43. The van der Waals surface area contributed by atoms with Crippen molar-refractivity contribution in [1.29, 1.82) is 0 Å². The fourth-order valence-corrected chi connectivity index (χ4v) is 4.49. The lowest BCUT2D eigenvalue weighted by molar-refractivity contribution is 0.218. The second-order valence-electron chi connectivity index (χ2n) is 5.65. The number of hydrogen-bond donors (Lipinski definition) is 2. The number of carbonyl (C=O) groups is 1. The monoisotopic (exact) mass is 365 g/mol. The lowest BCUT2D eigenvalue weighted by Gasteiger charge is -2.26. The fraction of sp³-hybridized carbons (Fsp3) is 0.188. The predicted molar refractivity (Wildman–Crippen MR) is 93.9 cm³/mol. The Kier molecular flexibility index (Phi) is 4.15. The van der Waals surface area contributed by atoms with Gasteiger partial charge in [0.25, 0.3) is 10.0 Å². The zero-order chi connectivity index (χ0) is 17.5. The summed E-state index contributed by atoms with van der Waals surface area (Å²) < 4.78 is 27.9. The Balaban J connectivity index is 1.94. The van der Waals surface area contributed by atoms with Gasteiger partial charge in [0.15, 0.2) is 0 Å². The summed E-state index contributed by atoms with van der Waals surface area (Å²) in [4.78, 5) is 13.2. The van der Waals surface area contributed by atoms with E-state index in [9.17, 15) is 13.2 Å². The molecule has 0 bridgehead atoms. The number of halogens is 1. The van der Waals surface area contributed by atoms with Crippen LogP contribution in [-0.4, -0.2) is 26.4 Å². The largest absolute Gasteiger partial charge is 0.323 e. The van der Waals surface area contributed by atoms with E-state index in [1.807, 2.05) is 0 Å². The quantitative estimate of drug-likeness (QED) is 0.874. The number of hydrogen-bond acceptors (Lipinski definition) is 3. The van der Waals surface area contributed by atoms with Crippen LogP contribution in [0.25, 0.3) is 0 Å². The van der Waals surface area contributed by atoms with Crippen molar-refractivity contribution in [3.05, 3.63) is 52.5 Å². The SMILES string of the molecule is Cc1cccc(Cl)c1S(=O)(=O)Nc1ccc2c(c1)CN(C)C(=O)N2. The highest BCUT2D eigenvalue weighted by atomic mass is 35.5. The maximum Gasteiger partial charge on any atom is 0.321 e. The Labute approximate surface area is 145 Å². The zero-order valence-corrected chi connectivity index (χ0v) is 14.7. The van der Waals surface area contributed by atoms with Crippen LogP contribution in [0, 0.1) is 6.92 Å². The van der Waals surface area contributed by atoms with Crippen LogP contribution in [-0.2, 0) is 16.6 Å². The molecule has 24 heavy (non-hydrogen) atoms. The van der Waals surface area contributed by atoms with Crippen LogP contribution in [0.1, 0.15) is 11.1 Å². The molecule has 0 saturated heterocycles. The van der Waals surface area contributed by atoms with Gasteiger partial charge in [0.05, 0.1) is 5.02 Å². The summed E-state index contributed by atoms with van der Waals surface area (Å²) in [6, 6.07) is 9.73. The molecule has 0 aliphatic carbocycles. The molecular weight excluding hydrogens is 350 g/mol. The van der Waals surface area contributed by atoms with Crippen molar-refractivity contribution in [3.8, 4) is 0 Å². The standard InChI is InChI=1S/C16H16ClN3O3S/c1-10-4-3-5-13(17)15(10)24(22,23)19-12-6-7-14-11(8-12)9-20(2)16(21)18-14/h3-8,19H,9H2,1-2H3,(H,18,21). The molecule has 8 heteroatoms. The topological polar surface area (TPSA) is 78.5 Å². The van der Waals surface area contributed by atoms with Gasteiger partial charge in [0.2, 0.25) is 0 Å². The van der Waals surface area contributed by atoms with Gasteiger partial charge in [-0.1, -0.05) is 23.7 Å². The van der Waals surface area contributed by atoms with Crippen LogP contribution in [0.5, 0.6) is 0 Å². The van der Waals surface area contributed by atoms with Crippen LogP contribution < -0.4 is 10.0 Å². The number of sulfonamides is 1. The highest BCUT2D eigenvalue weighted by molar-refractivity contribution is 7.92. The number of nitrogens with zero attached hydrogens (tertiary/aromatic N) is 1. The first-order chi connectivity index (χ1) is 11.3. The molecule has 0 radical (unpaired) electrons. The third-order valence-electron chi connectivity index (χ3n) is 3.79. The molecule has 2 aromatic rings. The zero-order valence-electron chi connectivity index (χ0n) is 13.1. The normalized spacial score (nSPS) is 14.1. The number of amides is 2. The van der Waals surface area contributed by atoms with Crippen molar-refractivity contribution in [2.24, 2.45) is 0 Å². The first kappa shape index (κ1) is 16.6. The van der Waals surface area contributed by atoms with E-state index in [4.69, 9.17) is 11.6 Å². The maximum absolute atomic E-state index is 12.7. The maximum atomic E-state index is 12.7. The Morgan fingerprint density at radius 3 is 2.71 bits per heavy atom. The highest BCUT2D eigenvalue weighted by Crippen LogP contribution is 2.29. The molecule has 126 valence electrons. The molecule has 0 unspecified atom stereocenters. The van der Waals surface area contributed by atoms with Gasteiger partial charge in [-0.25, -0.2) is 13.2 Å². The molecule has 2 aromatic carbocycles. The van der Waals surface area contributed by atoms with Crippen LogP contribution in [0.4, 0.5) is 16.2 Å². The van der Waals surface area contributed by atoms with E-state index in [2.05, 4.69) is 10.0 Å². The van der Waals surface area contributed by atoms with Crippen LogP contribution in [0.2, 0.25) is 5.02 Å². The molecule has 1 aliphatic rings. The molecule has 2 N–H and O–H groups in total. The van der Waals surface area contributed by atoms with E-state index in [1.54, 1.807) is 50.4 Å². The second kappa shape index (κ2) is 5.99. The summed E-state index contributed by atoms with van der Waals surface area (Å²) in [5, 5.41) is 2.91. The molecule has 0 aromatic heterocycles. The fourth-order valence-electron chi connectivity index (χ4n) is 2.61. The van der Waals surface area contributed by atoms with Gasteiger partial charge in [-0.15, -0.1) is 0 Å². The first-order valence-corrected chi connectivity index (χ1v) is 9.07. The Hall–Kier alpha value is -2.25. The van der Waals surface area contributed by atoms with Crippen LogP contribution in [0.3, 0.4) is 0 Å². The minimum Gasteiger partial charge on any atom is -0.323 e. The summed E-state index contributed by atoms with van der Waals surface area (Å²) >= 11 is 6.06. The molecule has 2 amide bonds. The number of fused-ring (bicyclic) bond motifs is 1. The summed E-state index contributed by atoms with van der Waals surface area (Å²) in [6.45, 7) is 2.10. The summed E-state index contributed by atoms with van der Waals surface area (Å²) in [6.07, 6.45) is 0. The van der Waals surface area contributed by atoms with Crippen LogP contribution >= 0.6 is 11.6 Å². The molecule has 0 spiro atoms. The molecule has 0 fully saturated rings. The molecule has 1 aliphatic heterocycles. The number of urea groups is 1. The summed E-state index contributed by atoms with van der Waals surface area (Å²) in [7, 11) is -2.14. The van der Waals surface area contributed by atoms with E-state index in [0.717, 1.165) is 5.56 Å². The van der Waals surface area contributed by atoms with Crippen molar-refractivity contribution < 1.29 is 13.2 Å². The Morgan fingerprint density at radius 1 is 1.25 bits per heavy atom. The van der Waals surface area contributed by atoms with Crippen molar-refractivity contribution in [2.45, 2.75) is 18.4 Å². The molecule has 0 atom stereocenters. The van der Waals surface area contributed by atoms with E-state index in [1.165, 1.54) is 4.90 Å². The van der Waals surface area contributed by atoms with E-state index >= 15 is 0 Å². The van der Waals surface area contributed by atoms with Crippen molar-refractivity contribution in [1.82, 2.24) is 4.90 Å². The van der Waals surface area contributed by atoms with Gasteiger partial charge in [-0.05, 0) is 42.3 Å². The van der Waals surface area contributed by atoms with Gasteiger partial charge in [0, 0.05) is 25.0 Å². The second-order valence-corrected chi connectivity index (χ2v) is 7.68. The Bertz CT molecular complexity index is 908. The van der Waals surface area contributed by atoms with E-state index in [0.29, 0.717) is 23.5 Å². The van der Waals surface area contributed by atoms with E-state index in [-0.39, 0.29) is 15.9 Å². The average Bonchev–Trinajstić information content (AvgIpc) is 2.48. The first-order valence-electron chi connectivity index (χ1n) is 7.21. The Morgan fingerprint density at radius 2 is 2.00 bits per heavy atom. The van der Waals surface area contributed by atoms with Crippen LogP contribution in [0.15, 0.2) is 41.3 Å². The lowest BCUT2D eigenvalue weighted by atomic mass is 10.1. The van der Waals surface area contributed by atoms with Gasteiger partial charge >= 0.3 is 6.03 Å². The minimum atomic E-state index is -3.81. The summed E-state index contributed by atoms with van der Waals surface area (Å²) in [5.41, 5.74) is 2.49. The molecule has 3 rings (SSSR count). The van der Waals surface area contributed by atoms with Crippen molar-refractivity contribution in [3.63, 3.8) is 0 Å².